The maximum Gasteiger partial charge on any atom is 0.451 e. The highest BCUT2D eigenvalue weighted by Crippen LogP contribution is 2.30. The third-order valence-electron chi connectivity index (χ3n) is 3.00. The van der Waals surface area contributed by atoms with Gasteiger partial charge < -0.3 is 9.47 Å². The minimum Gasteiger partial charge on any atom is -0.347 e. The van der Waals surface area contributed by atoms with Crippen LogP contribution in [0.2, 0.25) is 5.15 Å². The molecule has 9 heteroatoms. The van der Waals surface area contributed by atoms with Gasteiger partial charge in [-0.3, -0.25) is 0 Å². The number of nitrogens with zero attached hydrogens (tertiary/aromatic N) is 5. The Bertz CT molecular complexity index is 639. The highest BCUT2D eigenvalue weighted by atomic mass is 35.5. The van der Waals surface area contributed by atoms with E-state index in [9.17, 15) is 13.2 Å². The molecule has 2 aromatic rings. The first-order valence-corrected chi connectivity index (χ1v) is 6.18. The van der Waals surface area contributed by atoms with E-state index >= 15 is 0 Å². The van der Waals surface area contributed by atoms with Crippen molar-refractivity contribution in [3.8, 4) is 0 Å². The molecule has 0 saturated carbocycles. The molecule has 0 spiro atoms. The van der Waals surface area contributed by atoms with Crippen LogP contribution in [-0.2, 0) is 19.3 Å². The number of imidazole rings is 1. The van der Waals surface area contributed by atoms with E-state index in [4.69, 9.17) is 11.6 Å². The first-order chi connectivity index (χ1) is 9.43. The lowest BCUT2D eigenvalue weighted by molar-refractivity contribution is -0.144. The van der Waals surface area contributed by atoms with Crippen LogP contribution in [0, 0.1) is 0 Å². The number of anilines is 1. The van der Waals surface area contributed by atoms with Crippen LogP contribution in [0.15, 0.2) is 18.5 Å². The monoisotopic (exact) mass is 303 g/mol. The van der Waals surface area contributed by atoms with E-state index in [1.54, 1.807) is 11.1 Å². The van der Waals surface area contributed by atoms with Crippen LogP contribution in [0.1, 0.15) is 11.6 Å². The molecule has 3 rings (SSSR count). The summed E-state index contributed by atoms with van der Waals surface area (Å²) < 4.78 is 40.0. The van der Waals surface area contributed by atoms with Crippen LogP contribution in [-0.4, -0.2) is 26.1 Å². The van der Waals surface area contributed by atoms with Crippen molar-refractivity contribution < 1.29 is 13.2 Å². The first-order valence-electron chi connectivity index (χ1n) is 5.80. The summed E-state index contributed by atoms with van der Waals surface area (Å²) in [6.07, 6.45) is -1.12. The van der Waals surface area contributed by atoms with Gasteiger partial charge in [0.05, 0.1) is 6.54 Å². The number of hydrogen-bond acceptors (Lipinski definition) is 4. The van der Waals surface area contributed by atoms with Crippen molar-refractivity contribution in [1.82, 2.24) is 19.5 Å². The molecule has 5 nitrogen and oxygen atoms in total. The van der Waals surface area contributed by atoms with Crippen LogP contribution in [0.3, 0.4) is 0 Å². The summed E-state index contributed by atoms with van der Waals surface area (Å²) in [6, 6.07) is 1.33. The van der Waals surface area contributed by atoms with Crippen molar-refractivity contribution in [1.29, 1.82) is 0 Å². The smallest absolute Gasteiger partial charge is 0.347 e. The minimum absolute atomic E-state index is 0.159. The predicted octanol–water partition coefficient (Wildman–Crippen LogP) is 2.37. The second kappa shape index (κ2) is 4.62. The number of hydrogen-bond donors (Lipinski definition) is 0. The Balaban J connectivity index is 1.93. The zero-order valence-corrected chi connectivity index (χ0v) is 10.9. The molecule has 0 N–H and O–H groups in total. The van der Waals surface area contributed by atoms with Crippen LogP contribution >= 0.6 is 11.6 Å². The van der Waals surface area contributed by atoms with Gasteiger partial charge in [-0.1, -0.05) is 11.6 Å². The molecule has 0 aliphatic carbocycles. The quantitative estimate of drug-likeness (QED) is 0.759. The standard InChI is InChI=1S/C11H9ClF3N5/c12-7-5-8(18-10(17-7)11(13,14)15)20-4-3-19-2-1-16-9(19)6-20/h1-2,5H,3-4,6H2. The lowest BCUT2D eigenvalue weighted by Gasteiger charge is -2.28. The van der Waals surface area contributed by atoms with Crippen molar-refractivity contribution in [2.45, 2.75) is 19.3 Å². The first kappa shape index (κ1) is 13.2. The van der Waals surface area contributed by atoms with Crippen molar-refractivity contribution in [3.05, 3.63) is 35.3 Å². The van der Waals surface area contributed by atoms with Gasteiger partial charge >= 0.3 is 6.18 Å². The molecule has 0 radical (unpaired) electrons. The number of alkyl halides is 3. The van der Waals surface area contributed by atoms with Gasteiger partial charge in [-0.2, -0.15) is 13.2 Å². The molecule has 3 heterocycles. The van der Waals surface area contributed by atoms with Gasteiger partial charge in [-0.05, 0) is 0 Å². The molecule has 0 saturated heterocycles. The molecular weight excluding hydrogens is 295 g/mol. The largest absolute Gasteiger partial charge is 0.451 e. The molecule has 20 heavy (non-hydrogen) atoms. The van der Waals surface area contributed by atoms with Crippen LogP contribution in [0.5, 0.6) is 0 Å². The Labute approximate surface area is 117 Å². The Morgan fingerprint density at radius 1 is 1.20 bits per heavy atom. The highest BCUT2D eigenvalue weighted by Gasteiger charge is 2.36. The van der Waals surface area contributed by atoms with Crippen LogP contribution < -0.4 is 4.90 Å². The van der Waals surface area contributed by atoms with Gasteiger partial charge in [-0.15, -0.1) is 0 Å². The number of aromatic nitrogens is 4. The fourth-order valence-electron chi connectivity index (χ4n) is 2.06. The summed E-state index contributed by atoms with van der Waals surface area (Å²) in [6.45, 7) is 1.56. The van der Waals surface area contributed by atoms with Gasteiger partial charge in [0.15, 0.2) is 0 Å². The minimum atomic E-state index is -4.62. The fourth-order valence-corrected chi connectivity index (χ4v) is 2.24. The lowest BCUT2D eigenvalue weighted by Crippen LogP contribution is -2.34. The zero-order chi connectivity index (χ0) is 14.3. The Hall–Kier alpha value is -1.83. The molecule has 1 aliphatic rings. The van der Waals surface area contributed by atoms with E-state index in [0.717, 1.165) is 5.82 Å². The molecule has 0 aromatic carbocycles. The topological polar surface area (TPSA) is 46.8 Å². The number of rotatable bonds is 1. The van der Waals surface area contributed by atoms with Gasteiger partial charge in [0.2, 0.25) is 5.82 Å². The summed E-state index contributed by atoms with van der Waals surface area (Å²) in [5.74, 6) is -0.292. The molecular formula is C11H9ClF3N5. The molecule has 0 unspecified atom stereocenters. The second-order valence-electron chi connectivity index (χ2n) is 4.33. The average Bonchev–Trinajstić information content (AvgIpc) is 2.84. The summed E-state index contributed by atoms with van der Waals surface area (Å²) in [4.78, 5) is 12.6. The van der Waals surface area contributed by atoms with E-state index in [-0.39, 0.29) is 11.0 Å². The molecule has 2 aromatic heterocycles. The maximum atomic E-state index is 12.7. The van der Waals surface area contributed by atoms with Gasteiger partial charge in [0, 0.05) is 31.5 Å². The third kappa shape index (κ3) is 2.43. The Morgan fingerprint density at radius 3 is 2.75 bits per heavy atom. The van der Waals surface area contributed by atoms with Gasteiger partial charge in [-0.25, -0.2) is 15.0 Å². The molecule has 0 amide bonds. The van der Waals surface area contributed by atoms with Crippen molar-refractivity contribution in [3.63, 3.8) is 0 Å². The van der Waals surface area contributed by atoms with E-state index < -0.39 is 12.0 Å². The summed E-state index contributed by atoms with van der Waals surface area (Å²) in [5.41, 5.74) is 0. The second-order valence-corrected chi connectivity index (χ2v) is 4.72. The maximum absolute atomic E-state index is 12.7. The van der Waals surface area contributed by atoms with Crippen molar-refractivity contribution >= 4 is 17.4 Å². The zero-order valence-electron chi connectivity index (χ0n) is 10.1. The number of fused-ring (bicyclic) bond motifs is 1. The SMILES string of the molecule is FC(F)(F)c1nc(Cl)cc(N2CCn3ccnc3C2)n1. The van der Waals surface area contributed by atoms with E-state index in [2.05, 4.69) is 15.0 Å². The van der Waals surface area contributed by atoms with Crippen molar-refractivity contribution in [2.24, 2.45) is 0 Å². The highest BCUT2D eigenvalue weighted by molar-refractivity contribution is 6.29. The predicted molar refractivity (Wildman–Crippen MR) is 65.3 cm³/mol. The van der Waals surface area contributed by atoms with E-state index in [0.29, 0.717) is 19.6 Å². The molecule has 0 atom stereocenters. The Kier molecular flexibility index (Phi) is 3.04. The normalized spacial score (nSPS) is 15.3. The van der Waals surface area contributed by atoms with Crippen LogP contribution in [0.25, 0.3) is 0 Å². The summed E-state index contributed by atoms with van der Waals surface area (Å²) in [7, 11) is 0. The molecule has 0 bridgehead atoms. The van der Waals surface area contributed by atoms with E-state index in [1.807, 2.05) is 10.8 Å². The van der Waals surface area contributed by atoms with Gasteiger partial charge in [0.1, 0.15) is 16.8 Å². The molecule has 106 valence electrons. The lowest BCUT2D eigenvalue weighted by atomic mass is 10.3. The molecule has 0 fully saturated rings. The van der Waals surface area contributed by atoms with Crippen molar-refractivity contribution in [2.75, 3.05) is 11.4 Å². The van der Waals surface area contributed by atoms with Gasteiger partial charge in [0.25, 0.3) is 0 Å². The molecule has 1 aliphatic heterocycles. The Morgan fingerprint density at radius 2 is 2.00 bits per heavy atom. The fraction of sp³-hybridized carbons (Fsp3) is 0.364. The summed E-state index contributed by atoms with van der Waals surface area (Å²) >= 11 is 5.66. The van der Waals surface area contributed by atoms with E-state index in [1.165, 1.54) is 6.07 Å². The average molecular weight is 304 g/mol. The third-order valence-corrected chi connectivity index (χ3v) is 3.20. The summed E-state index contributed by atoms with van der Waals surface area (Å²) in [5, 5.41) is -0.226. The number of halogens is 4. The van der Waals surface area contributed by atoms with Crippen LogP contribution in [0.4, 0.5) is 19.0 Å².